The topological polar surface area (TPSA) is 18.8 Å². The van der Waals surface area contributed by atoms with E-state index in [-0.39, 0.29) is 0 Å². The van der Waals surface area contributed by atoms with Crippen LogP contribution < -0.4 is 9.91 Å². The maximum atomic E-state index is 4.95. The molecule has 0 spiro atoms. The van der Waals surface area contributed by atoms with Gasteiger partial charge in [0, 0.05) is 16.9 Å². The standard InChI is InChI=1S/C31H25N3/c1-5-16-27(17-6-1)33(28-18-7-2-8-19-28)31-24-14-13-15-26(31)25-32-34(29-20-9-3-10-21-29)30-22-11-4-12-23-30/h1-25H/b32-25+. The molecule has 0 saturated heterocycles. The molecule has 0 fully saturated rings. The van der Waals surface area contributed by atoms with Crippen LogP contribution in [0.25, 0.3) is 0 Å². The third kappa shape index (κ3) is 4.74. The van der Waals surface area contributed by atoms with Gasteiger partial charge in [0.25, 0.3) is 0 Å². The molecule has 0 aliphatic heterocycles. The van der Waals surface area contributed by atoms with Crippen molar-refractivity contribution in [3.8, 4) is 0 Å². The summed E-state index contributed by atoms with van der Waals surface area (Å²) in [7, 11) is 0. The van der Waals surface area contributed by atoms with Gasteiger partial charge in [-0.25, -0.2) is 5.01 Å². The van der Waals surface area contributed by atoms with Gasteiger partial charge in [-0.15, -0.1) is 0 Å². The first kappa shape index (κ1) is 21.2. The second kappa shape index (κ2) is 10.3. The number of nitrogens with zero attached hydrogens (tertiary/aromatic N) is 3. The Kier molecular flexibility index (Phi) is 6.45. The summed E-state index contributed by atoms with van der Waals surface area (Å²) in [4.78, 5) is 2.26. The Balaban J connectivity index is 1.59. The van der Waals surface area contributed by atoms with Crippen molar-refractivity contribution in [3.05, 3.63) is 151 Å². The summed E-state index contributed by atoms with van der Waals surface area (Å²) in [5, 5.41) is 6.91. The van der Waals surface area contributed by atoms with Crippen LogP contribution in [0.2, 0.25) is 0 Å². The van der Waals surface area contributed by atoms with E-state index in [9.17, 15) is 0 Å². The third-order valence-electron chi connectivity index (χ3n) is 5.52. The Morgan fingerprint density at radius 3 is 1.26 bits per heavy atom. The largest absolute Gasteiger partial charge is 0.310 e. The highest BCUT2D eigenvalue weighted by Gasteiger charge is 2.15. The second-order valence-electron chi connectivity index (χ2n) is 7.79. The minimum atomic E-state index is 1.01. The zero-order chi connectivity index (χ0) is 23.0. The van der Waals surface area contributed by atoms with Gasteiger partial charge < -0.3 is 4.90 Å². The van der Waals surface area contributed by atoms with Crippen LogP contribution in [0.3, 0.4) is 0 Å². The molecule has 0 unspecified atom stereocenters. The molecule has 0 amide bonds. The molecule has 0 bridgehead atoms. The summed E-state index contributed by atoms with van der Waals surface area (Å²) < 4.78 is 0. The molecule has 0 aromatic heterocycles. The quantitative estimate of drug-likeness (QED) is 0.187. The van der Waals surface area contributed by atoms with E-state index in [0.29, 0.717) is 0 Å². The summed E-state index contributed by atoms with van der Waals surface area (Å²) >= 11 is 0. The van der Waals surface area contributed by atoms with Gasteiger partial charge in [0.15, 0.2) is 0 Å². The van der Waals surface area contributed by atoms with Crippen LogP contribution in [0.1, 0.15) is 5.56 Å². The van der Waals surface area contributed by atoms with Gasteiger partial charge in [0.2, 0.25) is 0 Å². The van der Waals surface area contributed by atoms with E-state index in [0.717, 1.165) is 34.0 Å². The monoisotopic (exact) mass is 439 g/mol. The van der Waals surface area contributed by atoms with Gasteiger partial charge in [-0.05, 0) is 54.6 Å². The van der Waals surface area contributed by atoms with Crippen molar-refractivity contribution >= 4 is 34.7 Å². The molecule has 5 rings (SSSR count). The average molecular weight is 440 g/mol. The van der Waals surface area contributed by atoms with Crippen molar-refractivity contribution in [1.82, 2.24) is 0 Å². The lowest BCUT2D eigenvalue weighted by atomic mass is 10.1. The van der Waals surface area contributed by atoms with E-state index in [1.54, 1.807) is 0 Å². The summed E-state index contributed by atoms with van der Waals surface area (Å²) in [6, 6.07) is 49.6. The zero-order valence-electron chi connectivity index (χ0n) is 18.8. The number of hydrogen-bond donors (Lipinski definition) is 0. The van der Waals surface area contributed by atoms with Crippen molar-refractivity contribution in [2.75, 3.05) is 9.91 Å². The average Bonchev–Trinajstić information content (AvgIpc) is 2.92. The fraction of sp³-hybridized carbons (Fsp3) is 0. The molecule has 0 N–H and O–H groups in total. The molecule has 0 atom stereocenters. The lowest BCUT2D eigenvalue weighted by Crippen LogP contribution is -2.13. The summed E-state index contributed by atoms with van der Waals surface area (Å²) in [6.07, 6.45) is 1.94. The van der Waals surface area contributed by atoms with Crippen molar-refractivity contribution in [3.63, 3.8) is 0 Å². The van der Waals surface area contributed by atoms with Gasteiger partial charge in [-0.1, -0.05) is 91.0 Å². The Morgan fingerprint density at radius 2 is 0.794 bits per heavy atom. The van der Waals surface area contributed by atoms with Gasteiger partial charge in [0.1, 0.15) is 0 Å². The van der Waals surface area contributed by atoms with Crippen LogP contribution in [0, 0.1) is 0 Å². The lowest BCUT2D eigenvalue weighted by Gasteiger charge is -2.27. The van der Waals surface area contributed by atoms with Gasteiger partial charge in [0.05, 0.1) is 23.3 Å². The van der Waals surface area contributed by atoms with Crippen LogP contribution >= 0.6 is 0 Å². The van der Waals surface area contributed by atoms with Gasteiger partial charge in [-0.3, -0.25) is 0 Å². The van der Waals surface area contributed by atoms with Crippen molar-refractivity contribution in [2.24, 2.45) is 5.10 Å². The minimum absolute atomic E-state index is 1.01. The maximum Gasteiger partial charge on any atom is 0.0652 e. The predicted molar refractivity (Wildman–Crippen MR) is 144 cm³/mol. The molecule has 5 aromatic rings. The Hall–Kier alpha value is -4.63. The second-order valence-corrected chi connectivity index (χ2v) is 7.79. The first-order valence-electron chi connectivity index (χ1n) is 11.3. The predicted octanol–water partition coefficient (Wildman–Crippen LogP) is 8.33. The first-order valence-corrected chi connectivity index (χ1v) is 11.3. The van der Waals surface area contributed by atoms with E-state index in [1.165, 1.54) is 0 Å². The SMILES string of the molecule is C(=N\N(c1ccccc1)c1ccccc1)/c1ccccc1N(c1ccccc1)c1ccccc1. The fourth-order valence-corrected chi connectivity index (χ4v) is 3.92. The molecular weight excluding hydrogens is 414 g/mol. The molecule has 0 aliphatic carbocycles. The Bertz CT molecular complexity index is 1260. The number of para-hydroxylation sites is 5. The molecule has 0 radical (unpaired) electrons. The van der Waals surface area contributed by atoms with Crippen molar-refractivity contribution < 1.29 is 0 Å². The highest BCUT2D eigenvalue weighted by atomic mass is 15.5. The third-order valence-corrected chi connectivity index (χ3v) is 5.52. The highest BCUT2D eigenvalue weighted by Crippen LogP contribution is 2.36. The Morgan fingerprint density at radius 1 is 0.412 bits per heavy atom. The number of anilines is 5. The highest BCUT2D eigenvalue weighted by molar-refractivity contribution is 5.93. The molecule has 0 aliphatic rings. The normalized spacial score (nSPS) is 10.8. The van der Waals surface area contributed by atoms with E-state index in [2.05, 4.69) is 95.9 Å². The molecule has 0 heterocycles. The van der Waals surface area contributed by atoms with E-state index in [4.69, 9.17) is 5.10 Å². The fourth-order valence-electron chi connectivity index (χ4n) is 3.92. The van der Waals surface area contributed by atoms with Crippen LogP contribution in [0.15, 0.2) is 151 Å². The molecular formula is C31H25N3. The molecule has 3 nitrogen and oxygen atoms in total. The minimum Gasteiger partial charge on any atom is -0.310 e. The van der Waals surface area contributed by atoms with E-state index in [1.807, 2.05) is 65.8 Å². The van der Waals surface area contributed by atoms with E-state index < -0.39 is 0 Å². The van der Waals surface area contributed by atoms with Crippen LogP contribution in [0.4, 0.5) is 28.4 Å². The van der Waals surface area contributed by atoms with Crippen LogP contribution in [-0.4, -0.2) is 6.21 Å². The molecule has 34 heavy (non-hydrogen) atoms. The zero-order valence-corrected chi connectivity index (χ0v) is 18.8. The smallest absolute Gasteiger partial charge is 0.0652 e. The van der Waals surface area contributed by atoms with Crippen molar-refractivity contribution in [1.29, 1.82) is 0 Å². The molecule has 0 saturated carbocycles. The number of hydrogen-bond acceptors (Lipinski definition) is 3. The number of hydrazone groups is 1. The van der Waals surface area contributed by atoms with Crippen LogP contribution in [0.5, 0.6) is 0 Å². The number of benzene rings is 5. The van der Waals surface area contributed by atoms with Crippen molar-refractivity contribution in [2.45, 2.75) is 0 Å². The Labute approximate surface area is 200 Å². The summed E-state index contributed by atoms with van der Waals surface area (Å²) in [6.45, 7) is 0. The van der Waals surface area contributed by atoms with Gasteiger partial charge >= 0.3 is 0 Å². The first-order chi connectivity index (χ1) is 16.9. The van der Waals surface area contributed by atoms with Gasteiger partial charge in [-0.2, -0.15) is 5.10 Å². The lowest BCUT2D eigenvalue weighted by molar-refractivity contribution is 1.09. The number of rotatable bonds is 7. The molecule has 3 heteroatoms. The van der Waals surface area contributed by atoms with Crippen LogP contribution in [-0.2, 0) is 0 Å². The summed E-state index contributed by atoms with van der Waals surface area (Å²) in [5.74, 6) is 0. The molecule has 5 aromatic carbocycles. The maximum absolute atomic E-state index is 4.95. The molecule has 164 valence electrons. The summed E-state index contributed by atoms with van der Waals surface area (Å²) in [5.41, 5.74) is 6.28. The van der Waals surface area contributed by atoms with E-state index >= 15 is 0 Å².